The van der Waals surface area contributed by atoms with E-state index < -0.39 is 16.1 Å². The van der Waals surface area contributed by atoms with Crippen molar-refractivity contribution in [3.8, 4) is 5.75 Å². The number of ether oxygens (including phenoxy) is 1. The summed E-state index contributed by atoms with van der Waals surface area (Å²) in [5.74, 6) is -0.0948. The van der Waals surface area contributed by atoms with Crippen molar-refractivity contribution in [1.29, 1.82) is 0 Å². The highest BCUT2D eigenvalue weighted by Gasteiger charge is 2.20. The zero-order valence-electron chi connectivity index (χ0n) is 13.1. The molecule has 0 aliphatic rings. The smallest absolute Gasteiger partial charge is 0.339 e. The van der Waals surface area contributed by atoms with Crippen molar-refractivity contribution < 1.29 is 22.1 Å². The summed E-state index contributed by atoms with van der Waals surface area (Å²) >= 11 is 0. The summed E-state index contributed by atoms with van der Waals surface area (Å²) in [7, 11) is -2.71. The minimum absolute atomic E-state index is 0.0243. The molecule has 2 aromatic carbocycles. The summed E-state index contributed by atoms with van der Waals surface area (Å²) in [4.78, 5) is 11.4. The van der Waals surface area contributed by atoms with Crippen LogP contribution in [0.1, 0.15) is 35.7 Å². The molecule has 23 heavy (non-hydrogen) atoms. The third-order valence-corrected chi connectivity index (χ3v) is 4.55. The zero-order valence-corrected chi connectivity index (χ0v) is 14.0. The van der Waals surface area contributed by atoms with Crippen molar-refractivity contribution in [1.82, 2.24) is 0 Å². The number of methoxy groups -OCH3 is 1. The largest absolute Gasteiger partial charge is 0.465 e. The molecule has 0 aliphatic heterocycles. The van der Waals surface area contributed by atoms with E-state index in [0.717, 1.165) is 5.56 Å². The van der Waals surface area contributed by atoms with E-state index in [1.165, 1.54) is 31.4 Å². The number of hydrogen-bond donors (Lipinski definition) is 0. The Labute approximate surface area is 136 Å². The van der Waals surface area contributed by atoms with Gasteiger partial charge in [0.25, 0.3) is 0 Å². The number of hydrogen-bond acceptors (Lipinski definition) is 5. The van der Waals surface area contributed by atoms with Gasteiger partial charge in [-0.3, -0.25) is 0 Å². The van der Waals surface area contributed by atoms with Crippen molar-refractivity contribution in [2.45, 2.75) is 24.7 Å². The van der Waals surface area contributed by atoms with Crippen LogP contribution in [0, 0.1) is 0 Å². The van der Waals surface area contributed by atoms with Gasteiger partial charge in [-0.05, 0) is 41.8 Å². The molecule has 0 radical (unpaired) electrons. The minimum atomic E-state index is -3.97. The zero-order chi connectivity index (χ0) is 17.0. The van der Waals surface area contributed by atoms with Crippen LogP contribution in [0.5, 0.6) is 5.75 Å². The van der Waals surface area contributed by atoms with E-state index in [9.17, 15) is 13.2 Å². The lowest BCUT2D eigenvalue weighted by atomic mass is 10.0. The van der Waals surface area contributed by atoms with Gasteiger partial charge in [-0.25, -0.2) is 4.79 Å². The third kappa shape index (κ3) is 3.90. The van der Waals surface area contributed by atoms with Gasteiger partial charge in [-0.15, -0.1) is 0 Å². The molecule has 0 bridgehead atoms. The molecule has 0 saturated carbocycles. The van der Waals surface area contributed by atoms with Crippen LogP contribution in [0.25, 0.3) is 0 Å². The Morgan fingerprint density at radius 1 is 1.00 bits per heavy atom. The van der Waals surface area contributed by atoms with Gasteiger partial charge in [0.15, 0.2) is 0 Å². The Kier molecular flexibility index (Phi) is 5.05. The van der Waals surface area contributed by atoms with E-state index in [4.69, 9.17) is 4.18 Å². The Bertz CT molecular complexity index is 792. The van der Waals surface area contributed by atoms with Crippen LogP contribution in [-0.4, -0.2) is 21.5 Å². The second kappa shape index (κ2) is 6.83. The predicted octanol–water partition coefficient (Wildman–Crippen LogP) is 3.36. The molecular weight excluding hydrogens is 316 g/mol. The van der Waals surface area contributed by atoms with Crippen molar-refractivity contribution in [2.75, 3.05) is 7.11 Å². The molecule has 122 valence electrons. The van der Waals surface area contributed by atoms with Gasteiger partial charge in [0.1, 0.15) is 10.6 Å². The highest BCUT2D eigenvalue weighted by molar-refractivity contribution is 7.87. The maximum atomic E-state index is 12.4. The Morgan fingerprint density at radius 3 is 2.17 bits per heavy atom. The standard InChI is InChI=1S/C17H18O5S/c1-12(2)15-6-4-5-7-16(15)22-23(19,20)14-10-8-13(9-11-14)17(18)21-3/h4-12H,1-3H3. The molecule has 0 aromatic heterocycles. The topological polar surface area (TPSA) is 69.7 Å². The summed E-state index contributed by atoms with van der Waals surface area (Å²) in [6.45, 7) is 3.92. The second-order valence-electron chi connectivity index (χ2n) is 5.25. The fraction of sp³-hybridized carbons (Fsp3) is 0.235. The number of benzene rings is 2. The quantitative estimate of drug-likeness (QED) is 0.619. The predicted molar refractivity (Wildman–Crippen MR) is 86.1 cm³/mol. The molecule has 0 spiro atoms. The minimum Gasteiger partial charge on any atom is -0.465 e. The van der Waals surface area contributed by atoms with Crippen molar-refractivity contribution >= 4 is 16.1 Å². The summed E-state index contributed by atoms with van der Waals surface area (Å²) in [5, 5.41) is 0. The Morgan fingerprint density at radius 2 is 1.61 bits per heavy atom. The van der Waals surface area contributed by atoms with Gasteiger partial charge in [0.05, 0.1) is 12.7 Å². The van der Waals surface area contributed by atoms with Gasteiger partial charge in [0, 0.05) is 0 Å². The van der Waals surface area contributed by atoms with E-state index >= 15 is 0 Å². The average molecular weight is 334 g/mol. The van der Waals surface area contributed by atoms with Crippen LogP contribution < -0.4 is 4.18 Å². The van der Waals surface area contributed by atoms with Gasteiger partial charge in [0.2, 0.25) is 0 Å². The lowest BCUT2D eigenvalue weighted by molar-refractivity contribution is 0.0600. The van der Waals surface area contributed by atoms with Crippen molar-refractivity contribution in [3.63, 3.8) is 0 Å². The Hall–Kier alpha value is -2.34. The van der Waals surface area contributed by atoms with E-state index in [0.29, 0.717) is 5.75 Å². The first-order valence-electron chi connectivity index (χ1n) is 7.07. The van der Waals surface area contributed by atoms with Crippen LogP contribution in [-0.2, 0) is 14.9 Å². The Balaban J connectivity index is 2.31. The molecule has 0 heterocycles. The van der Waals surface area contributed by atoms with Crippen molar-refractivity contribution in [3.05, 3.63) is 59.7 Å². The van der Waals surface area contributed by atoms with Crippen molar-refractivity contribution in [2.24, 2.45) is 0 Å². The molecule has 5 nitrogen and oxygen atoms in total. The van der Waals surface area contributed by atoms with Crippen LogP contribution in [0.2, 0.25) is 0 Å². The molecular formula is C17H18O5S. The van der Waals surface area contributed by atoms with Gasteiger partial charge < -0.3 is 8.92 Å². The molecule has 0 N–H and O–H groups in total. The van der Waals surface area contributed by atoms with E-state index in [-0.39, 0.29) is 16.4 Å². The van der Waals surface area contributed by atoms with Gasteiger partial charge in [-0.2, -0.15) is 8.42 Å². The summed E-state index contributed by atoms with van der Waals surface area (Å²) in [6.07, 6.45) is 0. The van der Waals surface area contributed by atoms with E-state index in [1.807, 2.05) is 26.0 Å². The normalized spacial score (nSPS) is 11.3. The number of esters is 1. The molecule has 6 heteroatoms. The number of carbonyl (C=O) groups is 1. The molecule has 2 rings (SSSR count). The summed E-state index contributed by atoms with van der Waals surface area (Å²) in [5.41, 5.74) is 1.08. The third-order valence-electron chi connectivity index (χ3n) is 3.30. The van der Waals surface area contributed by atoms with Crippen LogP contribution >= 0.6 is 0 Å². The second-order valence-corrected chi connectivity index (χ2v) is 6.79. The monoisotopic (exact) mass is 334 g/mol. The molecule has 0 aliphatic carbocycles. The average Bonchev–Trinajstić information content (AvgIpc) is 2.54. The van der Waals surface area contributed by atoms with Gasteiger partial charge in [-0.1, -0.05) is 32.0 Å². The first-order valence-corrected chi connectivity index (χ1v) is 8.48. The maximum Gasteiger partial charge on any atom is 0.339 e. The lowest BCUT2D eigenvalue weighted by Crippen LogP contribution is -2.12. The molecule has 0 saturated heterocycles. The first kappa shape index (κ1) is 17.0. The van der Waals surface area contributed by atoms with Crippen LogP contribution in [0.4, 0.5) is 0 Å². The van der Waals surface area contributed by atoms with E-state index in [1.54, 1.807) is 12.1 Å². The maximum absolute atomic E-state index is 12.4. The highest BCUT2D eigenvalue weighted by atomic mass is 32.2. The molecule has 0 unspecified atom stereocenters. The molecule has 0 atom stereocenters. The van der Waals surface area contributed by atoms with Gasteiger partial charge >= 0.3 is 16.1 Å². The van der Waals surface area contributed by atoms with Crippen LogP contribution in [0.15, 0.2) is 53.4 Å². The van der Waals surface area contributed by atoms with E-state index in [2.05, 4.69) is 4.74 Å². The fourth-order valence-corrected chi connectivity index (χ4v) is 3.03. The number of carbonyl (C=O) groups excluding carboxylic acids is 1. The summed E-state index contributed by atoms with van der Waals surface area (Å²) < 4.78 is 34.6. The molecule has 0 fully saturated rings. The lowest BCUT2D eigenvalue weighted by Gasteiger charge is -2.13. The molecule has 2 aromatic rings. The first-order chi connectivity index (χ1) is 10.8. The fourth-order valence-electron chi connectivity index (χ4n) is 2.08. The summed E-state index contributed by atoms with van der Waals surface area (Å²) in [6, 6.07) is 12.4. The van der Waals surface area contributed by atoms with Crippen LogP contribution in [0.3, 0.4) is 0 Å². The highest BCUT2D eigenvalue weighted by Crippen LogP contribution is 2.28. The number of rotatable bonds is 5. The SMILES string of the molecule is COC(=O)c1ccc(S(=O)(=O)Oc2ccccc2C(C)C)cc1. The molecule has 0 amide bonds. The number of para-hydroxylation sites is 1.